The van der Waals surface area contributed by atoms with E-state index in [1.165, 1.54) is 32.1 Å². The van der Waals surface area contributed by atoms with Crippen LogP contribution in [0.5, 0.6) is 0 Å². The highest BCUT2D eigenvalue weighted by molar-refractivity contribution is 6.31. The van der Waals surface area contributed by atoms with Crippen molar-refractivity contribution >= 4 is 23.3 Å². The summed E-state index contributed by atoms with van der Waals surface area (Å²) < 4.78 is 0. The Bertz CT molecular complexity index is 501. The zero-order valence-electron chi connectivity index (χ0n) is 10.9. The molecule has 0 radical (unpaired) electrons. The van der Waals surface area contributed by atoms with Crippen molar-refractivity contribution in [3.8, 4) is 0 Å². The van der Waals surface area contributed by atoms with Gasteiger partial charge in [0.15, 0.2) is 0 Å². The minimum Gasteiger partial charge on any atom is -0.478 e. The van der Waals surface area contributed by atoms with Crippen LogP contribution in [0.1, 0.15) is 42.5 Å². The molecule has 2 aliphatic rings. The molecule has 2 fully saturated rings. The number of carboxylic acids is 1. The largest absolute Gasteiger partial charge is 0.478 e. The van der Waals surface area contributed by atoms with E-state index in [-0.39, 0.29) is 0 Å². The lowest BCUT2D eigenvalue weighted by Gasteiger charge is -2.54. The monoisotopic (exact) mass is 279 g/mol. The first kappa shape index (κ1) is 12.8. The SMILES string of the molecule is O=C(O)c1ccc(Cl)cc1N1CC2(CCCCC2)C1. The van der Waals surface area contributed by atoms with E-state index < -0.39 is 5.97 Å². The number of benzene rings is 1. The van der Waals surface area contributed by atoms with Crippen molar-refractivity contribution in [1.29, 1.82) is 0 Å². The Hall–Kier alpha value is -1.22. The Morgan fingerprint density at radius 2 is 1.89 bits per heavy atom. The van der Waals surface area contributed by atoms with Crippen molar-refractivity contribution in [3.63, 3.8) is 0 Å². The predicted octanol–water partition coefficient (Wildman–Crippen LogP) is 3.81. The average Bonchev–Trinajstić information content (AvgIpc) is 2.36. The number of hydrogen-bond donors (Lipinski definition) is 1. The van der Waals surface area contributed by atoms with Crippen molar-refractivity contribution in [2.75, 3.05) is 18.0 Å². The molecule has 1 saturated carbocycles. The molecule has 3 nitrogen and oxygen atoms in total. The van der Waals surface area contributed by atoms with Crippen LogP contribution < -0.4 is 4.90 Å². The molecule has 1 spiro atoms. The lowest BCUT2D eigenvalue weighted by Crippen LogP contribution is -2.57. The molecule has 1 heterocycles. The molecule has 19 heavy (non-hydrogen) atoms. The third-order valence-electron chi connectivity index (χ3n) is 4.50. The van der Waals surface area contributed by atoms with E-state index in [4.69, 9.17) is 11.6 Å². The Kier molecular flexibility index (Phi) is 3.17. The summed E-state index contributed by atoms with van der Waals surface area (Å²) in [5.74, 6) is -0.878. The highest BCUT2D eigenvalue weighted by atomic mass is 35.5. The Morgan fingerprint density at radius 1 is 1.21 bits per heavy atom. The Labute approximate surface area is 118 Å². The fourth-order valence-corrected chi connectivity index (χ4v) is 3.67. The topological polar surface area (TPSA) is 40.5 Å². The van der Waals surface area contributed by atoms with Gasteiger partial charge in [0.05, 0.1) is 11.3 Å². The molecule has 1 aromatic carbocycles. The van der Waals surface area contributed by atoms with E-state index in [0.717, 1.165) is 18.8 Å². The predicted molar refractivity (Wildman–Crippen MR) is 76.1 cm³/mol. The maximum Gasteiger partial charge on any atom is 0.337 e. The molecule has 1 aliphatic heterocycles. The van der Waals surface area contributed by atoms with Crippen molar-refractivity contribution in [1.82, 2.24) is 0 Å². The second kappa shape index (κ2) is 4.71. The highest BCUT2D eigenvalue weighted by Gasteiger charge is 2.44. The van der Waals surface area contributed by atoms with E-state index >= 15 is 0 Å². The lowest BCUT2D eigenvalue weighted by molar-refractivity contribution is 0.0695. The third-order valence-corrected chi connectivity index (χ3v) is 4.73. The number of carbonyl (C=O) groups is 1. The van der Waals surface area contributed by atoms with Gasteiger partial charge in [-0.3, -0.25) is 0 Å². The van der Waals surface area contributed by atoms with Gasteiger partial charge in [-0.15, -0.1) is 0 Å². The molecular formula is C15H18ClNO2. The molecular weight excluding hydrogens is 262 g/mol. The normalized spacial score (nSPS) is 21.2. The summed E-state index contributed by atoms with van der Waals surface area (Å²) in [6, 6.07) is 5.03. The van der Waals surface area contributed by atoms with Gasteiger partial charge in [0.25, 0.3) is 0 Å². The van der Waals surface area contributed by atoms with Gasteiger partial charge in [0.2, 0.25) is 0 Å². The summed E-state index contributed by atoms with van der Waals surface area (Å²) in [4.78, 5) is 13.4. The summed E-state index contributed by atoms with van der Waals surface area (Å²) in [6.07, 6.45) is 6.54. The molecule has 1 aromatic rings. The fourth-order valence-electron chi connectivity index (χ4n) is 3.50. The van der Waals surface area contributed by atoms with Crippen molar-refractivity contribution in [2.45, 2.75) is 32.1 Å². The van der Waals surface area contributed by atoms with Crippen molar-refractivity contribution in [3.05, 3.63) is 28.8 Å². The fraction of sp³-hybridized carbons (Fsp3) is 0.533. The van der Waals surface area contributed by atoms with Crippen LogP contribution in [-0.4, -0.2) is 24.2 Å². The van der Waals surface area contributed by atoms with Crippen molar-refractivity contribution < 1.29 is 9.90 Å². The molecule has 0 bridgehead atoms. The standard InChI is InChI=1S/C15H18ClNO2/c16-11-4-5-12(14(18)19)13(8-11)17-9-15(10-17)6-2-1-3-7-15/h4-5,8H,1-3,6-7,9-10H2,(H,18,19). The van der Waals surface area contributed by atoms with Crippen LogP contribution in [0.3, 0.4) is 0 Å². The van der Waals surface area contributed by atoms with Crippen molar-refractivity contribution in [2.24, 2.45) is 5.41 Å². The van der Waals surface area contributed by atoms with Crippen LogP contribution in [0.25, 0.3) is 0 Å². The van der Waals surface area contributed by atoms with Gasteiger partial charge in [-0.2, -0.15) is 0 Å². The van der Waals surface area contributed by atoms with Crippen LogP contribution in [-0.2, 0) is 0 Å². The van der Waals surface area contributed by atoms with Gasteiger partial charge in [-0.05, 0) is 31.0 Å². The first-order valence-electron chi connectivity index (χ1n) is 6.88. The van der Waals surface area contributed by atoms with Gasteiger partial charge < -0.3 is 10.0 Å². The summed E-state index contributed by atoms with van der Waals surface area (Å²) in [6.45, 7) is 1.96. The van der Waals surface area contributed by atoms with E-state index in [1.54, 1.807) is 18.2 Å². The Morgan fingerprint density at radius 3 is 2.53 bits per heavy atom. The van der Waals surface area contributed by atoms with Gasteiger partial charge in [-0.25, -0.2) is 4.79 Å². The van der Waals surface area contributed by atoms with Crippen LogP contribution in [0.4, 0.5) is 5.69 Å². The molecule has 1 N–H and O–H groups in total. The molecule has 4 heteroatoms. The second-order valence-corrected chi connectivity index (χ2v) is 6.32. The summed E-state index contributed by atoms with van der Waals surface area (Å²) >= 11 is 6.00. The molecule has 1 aliphatic carbocycles. The molecule has 0 atom stereocenters. The van der Waals surface area contributed by atoms with Crippen LogP contribution in [0, 0.1) is 5.41 Å². The second-order valence-electron chi connectivity index (χ2n) is 5.88. The third kappa shape index (κ3) is 2.32. The number of rotatable bonds is 2. The number of anilines is 1. The first-order chi connectivity index (χ1) is 9.10. The lowest BCUT2D eigenvalue weighted by atomic mass is 9.68. The molecule has 0 unspecified atom stereocenters. The molecule has 3 rings (SSSR count). The summed E-state index contributed by atoms with van der Waals surface area (Å²) in [7, 11) is 0. The number of nitrogens with zero attached hydrogens (tertiary/aromatic N) is 1. The highest BCUT2D eigenvalue weighted by Crippen LogP contribution is 2.46. The average molecular weight is 280 g/mol. The van der Waals surface area contributed by atoms with E-state index in [0.29, 0.717) is 16.0 Å². The van der Waals surface area contributed by atoms with Gasteiger partial charge in [0, 0.05) is 23.5 Å². The number of halogens is 1. The van der Waals surface area contributed by atoms with E-state index in [2.05, 4.69) is 4.90 Å². The maximum absolute atomic E-state index is 11.3. The van der Waals surface area contributed by atoms with Crippen LogP contribution in [0.2, 0.25) is 5.02 Å². The maximum atomic E-state index is 11.3. The quantitative estimate of drug-likeness (QED) is 0.895. The zero-order chi connectivity index (χ0) is 13.5. The summed E-state index contributed by atoms with van der Waals surface area (Å²) in [5, 5.41) is 9.86. The van der Waals surface area contributed by atoms with E-state index in [1.807, 2.05) is 0 Å². The van der Waals surface area contributed by atoms with Crippen LogP contribution >= 0.6 is 11.6 Å². The van der Waals surface area contributed by atoms with Gasteiger partial charge >= 0.3 is 5.97 Å². The van der Waals surface area contributed by atoms with Crippen LogP contribution in [0.15, 0.2) is 18.2 Å². The molecule has 0 aromatic heterocycles. The minimum absolute atomic E-state index is 0.357. The molecule has 1 saturated heterocycles. The molecule has 0 amide bonds. The van der Waals surface area contributed by atoms with Gasteiger partial charge in [0.1, 0.15) is 0 Å². The smallest absolute Gasteiger partial charge is 0.337 e. The number of carboxylic acid groups (broad SMARTS) is 1. The summed E-state index contributed by atoms with van der Waals surface area (Å²) in [5.41, 5.74) is 1.57. The van der Waals surface area contributed by atoms with E-state index in [9.17, 15) is 9.90 Å². The molecule has 102 valence electrons. The zero-order valence-corrected chi connectivity index (χ0v) is 11.6. The first-order valence-corrected chi connectivity index (χ1v) is 7.25. The van der Waals surface area contributed by atoms with Gasteiger partial charge in [-0.1, -0.05) is 30.9 Å². The number of aromatic carboxylic acids is 1. The minimum atomic E-state index is -0.878. The Balaban J connectivity index is 1.81. The number of hydrogen-bond acceptors (Lipinski definition) is 2.